The Morgan fingerprint density at radius 1 is 1.18 bits per heavy atom. The normalized spacial score (nSPS) is 16.9. The predicted octanol–water partition coefficient (Wildman–Crippen LogP) is 2.76. The molecule has 1 aromatic rings. The minimum atomic E-state index is 0.552. The maximum atomic E-state index is 5.92. The van der Waals surface area contributed by atoms with Gasteiger partial charge in [0, 0.05) is 13.1 Å². The Kier molecular flexibility index (Phi) is 4.20. The second-order valence-electron chi connectivity index (χ2n) is 4.42. The molecule has 2 heterocycles. The van der Waals surface area contributed by atoms with Crippen molar-refractivity contribution in [2.24, 2.45) is 0 Å². The molecule has 0 bridgehead atoms. The summed E-state index contributed by atoms with van der Waals surface area (Å²) in [6.45, 7) is 4.17. The largest absolute Gasteiger partial charge is 0.383 e. The van der Waals surface area contributed by atoms with Crippen LogP contribution in [-0.2, 0) is 6.42 Å². The van der Waals surface area contributed by atoms with Crippen molar-refractivity contribution in [3.8, 4) is 0 Å². The summed E-state index contributed by atoms with van der Waals surface area (Å²) in [4.78, 5) is 11.3. The zero-order valence-corrected chi connectivity index (χ0v) is 11.8. The number of rotatable bonds is 2. The van der Waals surface area contributed by atoms with Crippen LogP contribution in [0.4, 0.5) is 11.8 Å². The third-order valence-electron chi connectivity index (χ3n) is 3.16. The lowest BCUT2D eigenvalue weighted by molar-refractivity contribution is 0.726. The lowest BCUT2D eigenvalue weighted by atomic mass is 10.2. The van der Waals surface area contributed by atoms with Gasteiger partial charge in [-0.2, -0.15) is 4.98 Å². The van der Waals surface area contributed by atoms with E-state index in [9.17, 15) is 0 Å². The van der Waals surface area contributed by atoms with Crippen molar-refractivity contribution >= 4 is 27.7 Å². The molecule has 1 aliphatic rings. The number of anilines is 2. The maximum absolute atomic E-state index is 5.92. The van der Waals surface area contributed by atoms with Gasteiger partial charge in [0.1, 0.15) is 5.82 Å². The number of aromatic nitrogens is 2. The summed E-state index contributed by atoms with van der Waals surface area (Å²) in [6, 6.07) is 0. The fourth-order valence-corrected chi connectivity index (χ4v) is 2.60. The van der Waals surface area contributed by atoms with Crippen molar-refractivity contribution < 1.29 is 0 Å². The summed E-state index contributed by atoms with van der Waals surface area (Å²) in [5.74, 6) is 1.35. The monoisotopic (exact) mass is 298 g/mol. The summed E-state index contributed by atoms with van der Waals surface area (Å²) in [5.41, 5.74) is 6.92. The van der Waals surface area contributed by atoms with Gasteiger partial charge in [0.2, 0.25) is 5.95 Å². The maximum Gasteiger partial charge on any atom is 0.227 e. The molecule has 94 valence electrons. The Labute approximate surface area is 111 Å². The lowest BCUT2D eigenvalue weighted by Crippen LogP contribution is -2.26. The minimum absolute atomic E-state index is 0.552. The van der Waals surface area contributed by atoms with E-state index in [4.69, 9.17) is 5.73 Å². The van der Waals surface area contributed by atoms with Crippen LogP contribution in [0.25, 0.3) is 0 Å². The van der Waals surface area contributed by atoms with Gasteiger partial charge in [-0.05, 0) is 35.2 Å². The average molecular weight is 299 g/mol. The molecular weight excluding hydrogens is 280 g/mol. The van der Waals surface area contributed by atoms with E-state index < -0.39 is 0 Å². The molecule has 1 saturated heterocycles. The molecule has 0 radical (unpaired) electrons. The second kappa shape index (κ2) is 5.67. The first-order valence-electron chi connectivity index (χ1n) is 6.29. The molecule has 5 heteroatoms. The fraction of sp³-hybridized carbons (Fsp3) is 0.667. The first-order chi connectivity index (χ1) is 8.22. The Morgan fingerprint density at radius 2 is 1.82 bits per heavy atom. The van der Waals surface area contributed by atoms with Gasteiger partial charge in [0.15, 0.2) is 0 Å². The number of hydrogen-bond donors (Lipinski definition) is 1. The van der Waals surface area contributed by atoms with Crippen LogP contribution in [0.3, 0.4) is 0 Å². The Bertz CT molecular complexity index is 386. The van der Waals surface area contributed by atoms with Crippen molar-refractivity contribution in [1.29, 1.82) is 0 Å². The van der Waals surface area contributed by atoms with Crippen LogP contribution in [0.15, 0.2) is 4.47 Å². The molecule has 2 rings (SSSR count). The highest BCUT2D eigenvalue weighted by Crippen LogP contribution is 2.25. The molecule has 2 N–H and O–H groups in total. The number of nitrogens with zero attached hydrogens (tertiary/aromatic N) is 3. The van der Waals surface area contributed by atoms with Gasteiger partial charge < -0.3 is 10.6 Å². The van der Waals surface area contributed by atoms with E-state index in [1.54, 1.807) is 0 Å². The second-order valence-corrected chi connectivity index (χ2v) is 5.22. The number of halogens is 1. The van der Waals surface area contributed by atoms with Crippen LogP contribution < -0.4 is 10.6 Å². The summed E-state index contributed by atoms with van der Waals surface area (Å²) in [7, 11) is 0. The summed E-state index contributed by atoms with van der Waals surface area (Å²) in [5, 5.41) is 0. The van der Waals surface area contributed by atoms with Gasteiger partial charge in [-0.1, -0.05) is 19.8 Å². The molecular formula is C12H19BrN4. The van der Waals surface area contributed by atoms with Crippen LogP contribution >= 0.6 is 15.9 Å². The number of aryl methyl sites for hydroxylation is 1. The van der Waals surface area contributed by atoms with E-state index in [0.717, 1.165) is 35.6 Å². The van der Waals surface area contributed by atoms with E-state index in [1.807, 2.05) is 0 Å². The summed E-state index contributed by atoms with van der Waals surface area (Å²) in [6.07, 6.45) is 5.93. The van der Waals surface area contributed by atoms with E-state index in [1.165, 1.54) is 25.7 Å². The fourth-order valence-electron chi connectivity index (χ4n) is 2.15. The number of nitrogen functional groups attached to an aromatic ring is 1. The summed E-state index contributed by atoms with van der Waals surface area (Å²) < 4.78 is 0.846. The topological polar surface area (TPSA) is 55.0 Å². The molecule has 0 amide bonds. The first-order valence-corrected chi connectivity index (χ1v) is 7.08. The van der Waals surface area contributed by atoms with E-state index in [-0.39, 0.29) is 0 Å². The zero-order valence-electron chi connectivity index (χ0n) is 10.2. The van der Waals surface area contributed by atoms with Crippen molar-refractivity contribution in [3.05, 3.63) is 10.2 Å². The Morgan fingerprint density at radius 3 is 2.41 bits per heavy atom. The van der Waals surface area contributed by atoms with Crippen molar-refractivity contribution in [1.82, 2.24) is 9.97 Å². The highest BCUT2D eigenvalue weighted by molar-refractivity contribution is 9.10. The molecule has 0 unspecified atom stereocenters. The van der Waals surface area contributed by atoms with Crippen LogP contribution in [0.2, 0.25) is 0 Å². The zero-order chi connectivity index (χ0) is 12.3. The molecule has 0 aliphatic carbocycles. The molecule has 0 spiro atoms. The number of hydrogen-bond acceptors (Lipinski definition) is 4. The van der Waals surface area contributed by atoms with E-state index in [0.29, 0.717) is 5.82 Å². The molecule has 4 nitrogen and oxygen atoms in total. The standard InChI is InChI=1S/C12H19BrN4/c1-2-9-10(13)11(14)16-12(15-9)17-7-5-3-4-6-8-17/h2-8H2,1H3,(H2,14,15,16). The highest BCUT2D eigenvalue weighted by Gasteiger charge is 2.15. The van der Waals surface area contributed by atoms with Crippen molar-refractivity contribution in [2.75, 3.05) is 23.7 Å². The quantitative estimate of drug-likeness (QED) is 0.912. The molecule has 0 saturated carbocycles. The smallest absolute Gasteiger partial charge is 0.227 e. The number of nitrogens with two attached hydrogens (primary N) is 1. The molecule has 0 aromatic carbocycles. The Balaban J connectivity index is 2.27. The molecule has 1 aromatic heterocycles. The summed E-state index contributed by atoms with van der Waals surface area (Å²) >= 11 is 3.45. The molecule has 1 fully saturated rings. The third-order valence-corrected chi connectivity index (χ3v) is 4.02. The Hall–Kier alpha value is -0.840. The van der Waals surface area contributed by atoms with Gasteiger partial charge in [-0.3, -0.25) is 0 Å². The predicted molar refractivity (Wildman–Crippen MR) is 74.2 cm³/mol. The minimum Gasteiger partial charge on any atom is -0.383 e. The van der Waals surface area contributed by atoms with Crippen LogP contribution in [-0.4, -0.2) is 23.1 Å². The van der Waals surface area contributed by atoms with E-state index in [2.05, 4.69) is 37.7 Å². The van der Waals surface area contributed by atoms with Gasteiger partial charge in [0.05, 0.1) is 10.2 Å². The van der Waals surface area contributed by atoms with Crippen molar-refractivity contribution in [3.63, 3.8) is 0 Å². The highest BCUT2D eigenvalue weighted by atomic mass is 79.9. The van der Waals surface area contributed by atoms with Gasteiger partial charge >= 0.3 is 0 Å². The molecule has 17 heavy (non-hydrogen) atoms. The van der Waals surface area contributed by atoms with Crippen molar-refractivity contribution in [2.45, 2.75) is 39.0 Å². The van der Waals surface area contributed by atoms with Crippen LogP contribution in [0, 0.1) is 0 Å². The SMILES string of the molecule is CCc1nc(N2CCCCCC2)nc(N)c1Br. The van der Waals surface area contributed by atoms with Gasteiger partial charge in [0.25, 0.3) is 0 Å². The molecule has 1 aliphatic heterocycles. The lowest BCUT2D eigenvalue weighted by Gasteiger charge is -2.21. The first kappa shape index (κ1) is 12.6. The van der Waals surface area contributed by atoms with E-state index >= 15 is 0 Å². The average Bonchev–Trinajstić information content (AvgIpc) is 2.61. The molecule has 0 atom stereocenters. The van der Waals surface area contributed by atoms with Gasteiger partial charge in [-0.25, -0.2) is 4.98 Å². The third kappa shape index (κ3) is 2.89. The van der Waals surface area contributed by atoms with Crippen LogP contribution in [0.1, 0.15) is 38.3 Å². The van der Waals surface area contributed by atoms with Crippen LogP contribution in [0.5, 0.6) is 0 Å². The van der Waals surface area contributed by atoms with Gasteiger partial charge in [-0.15, -0.1) is 0 Å².